The predicted molar refractivity (Wildman–Crippen MR) is 111 cm³/mol. The molecule has 28 heavy (non-hydrogen) atoms. The smallest absolute Gasteiger partial charge is 0.265 e. The van der Waals surface area contributed by atoms with Gasteiger partial charge >= 0.3 is 0 Å². The first-order chi connectivity index (χ1) is 13.4. The molecule has 0 fully saturated rings. The normalized spacial score (nSPS) is 14.0. The number of carbonyl (C=O) groups excluding carboxylic acids is 1. The van der Waals surface area contributed by atoms with Crippen LogP contribution >= 0.6 is 0 Å². The number of nitrogens with one attached hydrogen (secondary N) is 1. The summed E-state index contributed by atoms with van der Waals surface area (Å²) in [5.74, 6) is 0.446. The highest BCUT2D eigenvalue weighted by molar-refractivity contribution is 7.92. The zero-order valence-electron chi connectivity index (χ0n) is 16.5. The molecule has 2 aromatic rings. The first-order valence-electron chi connectivity index (χ1n) is 9.55. The lowest BCUT2D eigenvalue weighted by Crippen LogP contribution is -2.35. The molecule has 1 aliphatic rings. The van der Waals surface area contributed by atoms with E-state index in [-0.39, 0.29) is 10.8 Å². The Morgan fingerprint density at radius 2 is 1.89 bits per heavy atom. The van der Waals surface area contributed by atoms with Gasteiger partial charge in [-0.1, -0.05) is 13.0 Å². The molecule has 1 aliphatic heterocycles. The second kappa shape index (κ2) is 8.22. The van der Waals surface area contributed by atoms with E-state index in [1.165, 1.54) is 0 Å². The van der Waals surface area contributed by atoms with Gasteiger partial charge in [-0.2, -0.15) is 0 Å². The summed E-state index contributed by atoms with van der Waals surface area (Å²) in [6.07, 6.45) is 1.92. The Morgan fingerprint density at radius 1 is 1.11 bits per heavy atom. The van der Waals surface area contributed by atoms with Crippen LogP contribution in [0.4, 0.5) is 11.4 Å². The number of benzene rings is 2. The molecule has 7 heteroatoms. The summed E-state index contributed by atoms with van der Waals surface area (Å²) < 4.78 is 34.1. The van der Waals surface area contributed by atoms with Gasteiger partial charge in [-0.3, -0.25) is 9.52 Å². The number of aryl methyl sites for hydroxylation is 2. The second-order valence-corrected chi connectivity index (χ2v) is 8.53. The summed E-state index contributed by atoms with van der Waals surface area (Å²) in [6, 6.07) is 10.4. The lowest BCUT2D eigenvalue weighted by Gasteiger charge is -2.29. The van der Waals surface area contributed by atoms with Crippen LogP contribution in [-0.2, 0) is 21.2 Å². The lowest BCUT2D eigenvalue weighted by atomic mass is 10.0. The Kier molecular flexibility index (Phi) is 5.93. The molecule has 150 valence electrons. The number of carbonyl (C=O) groups is 1. The van der Waals surface area contributed by atoms with Gasteiger partial charge in [0.15, 0.2) is 0 Å². The van der Waals surface area contributed by atoms with Gasteiger partial charge in [0.05, 0.1) is 6.61 Å². The van der Waals surface area contributed by atoms with Crippen molar-refractivity contribution in [1.82, 2.24) is 0 Å². The van der Waals surface area contributed by atoms with E-state index in [1.807, 2.05) is 39.0 Å². The number of hydrogen-bond acceptors (Lipinski definition) is 4. The number of anilines is 2. The molecule has 1 heterocycles. The molecule has 0 radical (unpaired) electrons. The summed E-state index contributed by atoms with van der Waals surface area (Å²) >= 11 is 0. The van der Waals surface area contributed by atoms with Crippen LogP contribution in [-0.4, -0.2) is 27.5 Å². The first kappa shape index (κ1) is 20.2. The van der Waals surface area contributed by atoms with Crippen LogP contribution in [0.2, 0.25) is 0 Å². The molecular weight excluding hydrogens is 376 g/mol. The molecule has 0 saturated carbocycles. The summed E-state index contributed by atoms with van der Waals surface area (Å²) in [4.78, 5) is 14.1. The van der Waals surface area contributed by atoms with Gasteiger partial charge in [-0.25, -0.2) is 8.42 Å². The average molecular weight is 403 g/mol. The third-order valence-corrected chi connectivity index (χ3v) is 6.07. The molecule has 0 saturated heterocycles. The Balaban J connectivity index is 1.92. The van der Waals surface area contributed by atoms with Gasteiger partial charge in [0.1, 0.15) is 10.6 Å². The van der Waals surface area contributed by atoms with Crippen molar-refractivity contribution in [2.75, 3.05) is 22.8 Å². The maximum absolute atomic E-state index is 13.0. The first-order valence-corrected chi connectivity index (χ1v) is 11.0. The van der Waals surface area contributed by atoms with E-state index < -0.39 is 10.0 Å². The predicted octanol–water partition coefficient (Wildman–Crippen LogP) is 3.88. The minimum absolute atomic E-state index is 0.115. The van der Waals surface area contributed by atoms with Crippen molar-refractivity contribution in [2.45, 2.75) is 44.9 Å². The molecule has 2 aromatic carbocycles. The quantitative estimate of drug-likeness (QED) is 0.762. The lowest BCUT2D eigenvalue weighted by molar-refractivity contribution is -0.118. The van der Waals surface area contributed by atoms with Crippen LogP contribution in [0, 0.1) is 6.92 Å². The molecule has 0 atom stereocenters. The summed E-state index contributed by atoms with van der Waals surface area (Å²) in [7, 11) is -3.81. The Hall–Kier alpha value is -2.54. The number of fused-ring (bicyclic) bond motifs is 1. The van der Waals surface area contributed by atoms with Crippen molar-refractivity contribution in [2.24, 2.45) is 0 Å². The zero-order valence-corrected chi connectivity index (χ0v) is 17.3. The topological polar surface area (TPSA) is 75.7 Å². The molecule has 1 N–H and O–H groups in total. The van der Waals surface area contributed by atoms with Gasteiger partial charge < -0.3 is 9.64 Å². The maximum atomic E-state index is 13.0. The van der Waals surface area contributed by atoms with Gasteiger partial charge in [-0.15, -0.1) is 0 Å². The minimum atomic E-state index is -3.81. The van der Waals surface area contributed by atoms with Gasteiger partial charge in [0.25, 0.3) is 10.0 Å². The van der Waals surface area contributed by atoms with Crippen LogP contribution in [0.1, 0.15) is 37.8 Å². The molecule has 0 unspecified atom stereocenters. The average Bonchev–Trinajstić information content (AvgIpc) is 2.65. The largest absolute Gasteiger partial charge is 0.492 e. The highest BCUT2D eigenvalue weighted by atomic mass is 32.2. The van der Waals surface area contributed by atoms with E-state index in [1.54, 1.807) is 23.1 Å². The standard InChI is InChI=1S/C21H26N2O4S/c1-4-12-23-18-9-8-17(14-16(18)7-11-21(23)24)22-28(25,26)20-13-15(3)6-10-19(20)27-5-2/h6,8-10,13-14,22H,4-5,7,11-12H2,1-3H3. The summed E-state index contributed by atoms with van der Waals surface area (Å²) in [5, 5.41) is 0. The van der Waals surface area contributed by atoms with Crippen molar-refractivity contribution < 1.29 is 17.9 Å². The van der Waals surface area contributed by atoms with Crippen molar-refractivity contribution >= 4 is 27.3 Å². The molecule has 0 aromatic heterocycles. The van der Waals surface area contributed by atoms with Crippen LogP contribution in [0.5, 0.6) is 5.75 Å². The van der Waals surface area contributed by atoms with Gasteiger partial charge in [0.2, 0.25) is 5.91 Å². The van der Waals surface area contributed by atoms with E-state index >= 15 is 0 Å². The number of hydrogen-bond donors (Lipinski definition) is 1. The highest BCUT2D eigenvalue weighted by Crippen LogP contribution is 2.32. The molecule has 0 spiro atoms. The minimum Gasteiger partial charge on any atom is -0.492 e. The van der Waals surface area contributed by atoms with E-state index in [0.717, 1.165) is 23.2 Å². The SMILES string of the molecule is CCCN1C(=O)CCc2cc(NS(=O)(=O)c3cc(C)ccc3OCC)ccc21. The molecule has 0 aliphatic carbocycles. The van der Waals surface area contributed by atoms with Crippen LogP contribution in [0.25, 0.3) is 0 Å². The third-order valence-electron chi connectivity index (χ3n) is 4.67. The van der Waals surface area contributed by atoms with Crippen molar-refractivity contribution in [3.63, 3.8) is 0 Å². The monoisotopic (exact) mass is 402 g/mol. The third kappa shape index (κ3) is 4.14. The number of nitrogens with zero attached hydrogens (tertiary/aromatic N) is 1. The van der Waals surface area contributed by atoms with E-state index in [9.17, 15) is 13.2 Å². The van der Waals surface area contributed by atoms with E-state index in [4.69, 9.17) is 4.74 Å². The number of amides is 1. The van der Waals surface area contributed by atoms with E-state index in [0.29, 0.717) is 37.4 Å². The molecule has 3 rings (SSSR count). The number of ether oxygens (including phenoxy) is 1. The molecule has 6 nitrogen and oxygen atoms in total. The number of rotatable bonds is 7. The maximum Gasteiger partial charge on any atom is 0.265 e. The fourth-order valence-electron chi connectivity index (χ4n) is 3.40. The second-order valence-electron chi connectivity index (χ2n) is 6.88. The fourth-order valence-corrected chi connectivity index (χ4v) is 4.68. The number of sulfonamides is 1. The Labute approximate surface area is 166 Å². The van der Waals surface area contributed by atoms with Crippen molar-refractivity contribution in [3.8, 4) is 5.75 Å². The van der Waals surface area contributed by atoms with Crippen LogP contribution < -0.4 is 14.4 Å². The molecule has 0 bridgehead atoms. The van der Waals surface area contributed by atoms with Crippen molar-refractivity contribution in [3.05, 3.63) is 47.5 Å². The van der Waals surface area contributed by atoms with E-state index in [2.05, 4.69) is 4.72 Å². The zero-order chi connectivity index (χ0) is 20.3. The van der Waals surface area contributed by atoms with Gasteiger partial charge in [-0.05, 0) is 68.1 Å². The van der Waals surface area contributed by atoms with Crippen LogP contribution in [0.15, 0.2) is 41.3 Å². The van der Waals surface area contributed by atoms with Crippen LogP contribution in [0.3, 0.4) is 0 Å². The highest BCUT2D eigenvalue weighted by Gasteiger charge is 2.25. The summed E-state index contributed by atoms with van der Waals surface area (Å²) in [6.45, 7) is 6.73. The van der Waals surface area contributed by atoms with Crippen molar-refractivity contribution in [1.29, 1.82) is 0 Å². The fraction of sp³-hybridized carbons (Fsp3) is 0.381. The Morgan fingerprint density at radius 3 is 2.61 bits per heavy atom. The summed E-state index contributed by atoms with van der Waals surface area (Å²) in [5.41, 5.74) is 3.16. The Bertz CT molecular complexity index is 986. The molecule has 1 amide bonds. The van der Waals surface area contributed by atoms with Gasteiger partial charge in [0, 0.05) is 24.3 Å². The molecular formula is C21H26N2O4S.